The van der Waals surface area contributed by atoms with Crippen LogP contribution in [0.4, 0.5) is 0 Å². The third kappa shape index (κ3) is 8.51. The lowest BCUT2D eigenvalue weighted by Gasteiger charge is -2.01. The fourth-order valence-electron chi connectivity index (χ4n) is 2.05. The van der Waals surface area contributed by atoms with Crippen molar-refractivity contribution >= 4 is 23.7 Å². The van der Waals surface area contributed by atoms with Gasteiger partial charge in [-0.1, -0.05) is 75.2 Å². The number of hydrazone groups is 1. The number of unbranched alkanes of at least 4 members (excludes halogenated alkanes) is 6. The Labute approximate surface area is 132 Å². The lowest BCUT2D eigenvalue weighted by molar-refractivity contribution is -0.121. The van der Waals surface area contributed by atoms with E-state index in [2.05, 4.69) is 17.5 Å². The maximum atomic E-state index is 11.6. The minimum Gasteiger partial charge on any atom is -0.273 e. The van der Waals surface area contributed by atoms with Crippen LogP contribution in [-0.2, 0) is 4.79 Å². The maximum Gasteiger partial charge on any atom is 0.240 e. The number of carbonyl (C=O) groups excluding carboxylic acids is 1. The second-order valence-corrected chi connectivity index (χ2v) is 5.59. The van der Waals surface area contributed by atoms with Crippen molar-refractivity contribution in [3.05, 3.63) is 34.9 Å². The molecule has 1 amide bonds. The Morgan fingerprint density at radius 3 is 2.52 bits per heavy atom. The average Bonchev–Trinajstić information content (AvgIpc) is 2.48. The van der Waals surface area contributed by atoms with Gasteiger partial charge < -0.3 is 0 Å². The highest BCUT2D eigenvalue weighted by molar-refractivity contribution is 6.33. The van der Waals surface area contributed by atoms with Crippen molar-refractivity contribution in [2.75, 3.05) is 0 Å². The van der Waals surface area contributed by atoms with Crippen molar-refractivity contribution in [2.24, 2.45) is 5.10 Å². The number of hydrogen-bond donors (Lipinski definition) is 1. The Kier molecular flexibility index (Phi) is 9.55. The number of benzene rings is 1. The first-order chi connectivity index (χ1) is 10.2. The van der Waals surface area contributed by atoms with Crippen molar-refractivity contribution in [1.82, 2.24) is 5.43 Å². The monoisotopic (exact) mass is 308 g/mol. The van der Waals surface area contributed by atoms with E-state index in [1.165, 1.54) is 32.1 Å². The number of nitrogens with zero attached hydrogens (tertiary/aromatic N) is 1. The predicted molar refractivity (Wildman–Crippen MR) is 89.8 cm³/mol. The molecule has 116 valence electrons. The number of amides is 1. The van der Waals surface area contributed by atoms with Crippen molar-refractivity contribution in [1.29, 1.82) is 0 Å². The van der Waals surface area contributed by atoms with Gasteiger partial charge in [0.1, 0.15) is 0 Å². The van der Waals surface area contributed by atoms with Crippen molar-refractivity contribution in [2.45, 2.75) is 58.3 Å². The molecule has 0 fully saturated rings. The number of nitrogens with one attached hydrogen (secondary N) is 1. The van der Waals surface area contributed by atoms with Crippen LogP contribution in [0.25, 0.3) is 0 Å². The van der Waals surface area contributed by atoms with E-state index in [0.717, 1.165) is 18.4 Å². The van der Waals surface area contributed by atoms with Crippen LogP contribution < -0.4 is 5.43 Å². The van der Waals surface area contributed by atoms with E-state index in [0.29, 0.717) is 11.4 Å². The molecular weight excluding hydrogens is 284 g/mol. The molecule has 0 atom stereocenters. The Morgan fingerprint density at radius 2 is 1.81 bits per heavy atom. The molecule has 0 bridgehead atoms. The lowest BCUT2D eigenvalue weighted by Crippen LogP contribution is -2.16. The largest absolute Gasteiger partial charge is 0.273 e. The summed E-state index contributed by atoms with van der Waals surface area (Å²) in [5.41, 5.74) is 3.34. The summed E-state index contributed by atoms with van der Waals surface area (Å²) in [6.45, 7) is 2.22. The zero-order valence-electron chi connectivity index (χ0n) is 12.8. The third-order valence-electron chi connectivity index (χ3n) is 3.31. The number of rotatable bonds is 10. The molecule has 0 aromatic heterocycles. The molecule has 0 heterocycles. The van der Waals surface area contributed by atoms with Gasteiger partial charge in [0, 0.05) is 17.0 Å². The van der Waals surface area contributed by atoms with Crippen LogP contribution in [0.1, 0.15) is 63.9 Å². The highest BCUT2D eigenvalue weighted by Crippen LogP contribution is 2.12. The zero-order chi connectivity index (χ0) is 15.3. The Hall–Kier alpha value is -1.35. The smallest absolute Gasteiger partial charge is 0.240 e. The van der Waals surface area contributed by atoms with Crippen LogP contribution in [-0.4, -0.2) is 12.1 Å². The molecule has 0 unspecified atom stereocenters. The van der Waals surface area contributed by atoms with Crippen LogP contribution in [0.15, 0.2) is 29.4 Å². The Bertz CT molecular complexity index is 446. The summed E-state index contributed by atoms with van der Waals surface area (Å²) in [5.74, 6) is -0.0353. The summed E-state index contributed by atoms with van der Waals surface area (Å²) in [6, 6.07) is 7.39. The molecule has 0 aliphatic rings. The van der Waals surface area contributed by atoms with Gasteiger partial charge in [-0.2, -0.15) is 5.10 Å². The molecule has 1 N–H and O–H groups in total. The minimum atomic E-state index is -0.0353. The normalized spacial score (nSPS) is 11.0. The summed E-state index contributed by atoms with van der Waals surface area (Å²) >= 11 is 5.99. The van der Waals surface area contributed by atoms with Gasteiger partial charge in [0.25, 0.3) is 0 Å². The van der Waals surface area contributed by atoms with Crippen LogP contribution in [0.2, 0.25) is 5.02 Å². The number of hydrogen-bond acceptors (Lipinski definition) is 2. The van der Waals surface area contributed by atoms with Crippen LogP contribution in [0, 0.1) is 0 Å². The first-order valence-corrected chi connectivity index (χ1v) is 8.18. The second-order valence-electron chi connectivity index (χ2n) is 5.19. The molecule has 0 saturated heterocycles. The summed E-state index contributed by atoms with van der Waals surface area (Å²) < 4.78 is 0. The van der Waals surface area contributed by atoms with E-state index in [9.17, 15) is 4.79 Å². The average molecular weight is 309 g/mol. The Balaban J connectivity index is 2.10. The topological polar surface area (TPSA) is 41.5 Å². The minimum absolute atomic E-state index is 0.0353. The van der Waals surface area contributed by atoms with Gasteiger partial charge in [-0.15, -0.1) is 0 Å². The van der Waals surface area contributed by atoms with Gasteiger partial charge in [-0.3, -0.25) is 4.79 Å². The van der Waals surface area contributed by atoms with E-state index in [4.69, 9.17) is 11.6 Å². The van der Waals surface area contributed by atoms with Gasteiger partial charge in [0.05, 0.1) is 6.21 Å². The first kappa shape index (κ1) is 17.7. The molecule has 0 aliphatic heterocycles. The molecule has 1 aromatic rings. The molecule has 1 rings (SSSR count). The molecule has 21 heavy (non-hydrogen) atoms. The zero-order valence-corrected chi connectivity index (χ0v) is 13.5. The summed E-state index contributed by atoms with van der Waals surface area (Å²) in [5, 5.41) is 4.56. The molecule has 0 spiro atoms. The van der Waals surface area contributed by atoms with Crippen LogP contribution in [0.3, 0.4) is 0 Å². The molecule has 0 radical (unpaired) electrons. The quantitative estimate of drug-likeness (QED) is 0.371. The second kappa shape index (κ2) is 11.3. The van der Waals surface area contributed by atoms with Crippen molar-refractivity contribution in [3.8, 4) is 0 Å². The van der Waals surface area contributed by atoms with E-state index in [1.54, 1.807) is 12.3 Å². The Morgan fingerprint density at radius 1 is 1.14 bits per heavy atom. The molecule has 0 aliphatic carbocycles. The van der Waals surface area contributed by atoms with Crippen LogP contribution in [0.5, 0.6) is 0 Å². The maximum absolute atomic E-state index is 11.6. The highest BCUT2D eigenvalue weighted by Gasteiger charge is 1.99. The molecule has 0 saturated carbocycles. The first-order valence-electron chi connectivity index (χ1n) is 7.80. The van der Waals surface area contributed by atoms with E-state index in [1.807, 2.05) is 18.2 Å². The highest BCUT2D eigenvalue weighted by atomic mass is 35.5. The number of carbonyl (C=O) groups is 1. The van der Waals surface area contributed by atoms with Gasteiger partial charge >= 0.3 is 0 Å². The SMILES string of the molecule is CCCCCCCCCC(=O)N/N=C\c1ccccc1Cl. The lowest BCUT2D eigenvalue weighted by atomic mass is 10.1. The summed E-state index contributed by atoms with van der Waals surface area (Å²) in [6.07, 6.45) is 10.5. The van der Waals surface area contributed by atoms with Crippen LogP contribution >= 0.6 is 11.6 Å². The number of halogens is 1. The van der Waals surface area contributed by atoms with Gasteiger partial charge in [-0.25, -0.2) is 5.43 Å². The standard InChI is InChI=1S/C17H25ClN2O/c1-2-3-4-5-6-7-8-13-17(21)20-19-14-15-11-9-10-12-16(15)18/h9-12,14H,2-8,13H2,1H3,(H,20,21)/b19-14-. The molecular formula is C17H25ClN2O. The van der Waals surface area contributed by atoms with E-state index >= 15 is 0 Å². The van der Waals surface area contributed by atoms with Gasteiger partial charge in [0.15, 0.2) is 0 Å². The predicted octanol–water partition coefficient (Wildman–Crippen LogP) is 4.93. The van der Waals surface area contributed by atoms with E-state index < -0.39 is 0 Å². The van der Waals surface area contributed by atoms with Crippen molar-refractivity contribution in [3.63, 3.8) is 0 Å². The van der Waals surface area contributed by atoms with Gasteiger partial charge in [0.2, 0.25) is 5.91 Å². The molecule has 1 aromatic carbocycles. The van der Waals surface area contributed by atoms with E-state index in [-0.39, 0.29) is 5.91 Å². The summed E-state index contributed by atoms with van der Waals surface area (Å²) in [7, 11) is 0. The summed E-state index contributed by atoms with van der Waals surface area (Å²) in [4.78, 5) is 11.6. The molecule has 4 heteroatoms. The van der Waals surface area contributed by atoms with Crippen molar-refractivity contribution < 1.29 is 4.79 Å². The fourth-order valence-corrected chi connectivity index (χ4v) is 2.24. The fraction of sp³-hybridized carbons (Fsp3) is 0.529. The molecule has 3 nitrogen and oxygen atoms in total. The third-order valence-corrected chi connectivity index (χ3v) is 3.65. The van der Waals surface area contributed by atoms with Gasteiger partial charge in [-0.05, 0) is 12.5 Å².